The third kappa shape index (κ3) is 10.3. The molecule has 0 saturated carbocycles. The molecule has 0 bridgehead atoms. The van der Waals surface area contributed by atoms with E-state index < -0.39 is 0 Å². The van der Waals surface area contributed by atoms with Crippen molar-refractivity contribution in [2.24, 2.45) is 10.8 Å². The van der Waals surface area contributed by atoms with E-state index in [-0.39, 0.29) is 29.3 Å². The standard InChI is InChI=1S/C16H32N2O3/c1-15(2,3)14(21)17-10-6-8-13(20)18-12-16(4,5)9-7-11-19/h19H,6-12H2,1-5H3,(H,17,21)(H,18,20). The Labute approximate surface area is 128 Å². The summed E-state index contributed by atoms with van der Waals surface area (Å²) in [5, 5.41) is 14.6. The van der Waals surface area contributed by atoms with Crippen molar-refractivity contribution in [3.05, 3.63) is 0 Å². The van der Waals surface area contributed by atoms with Gasteiger partial charge in [0, 0.05) is 31.5 Å². The summed E-state index contributed by atoms with van der Waals surface area (Å²) in [6.07, 6.45) is 2.69. The van der Waals surface area contributed by atoms with Crippen molar-refractivity contribution < 1.29 is 14.7 Å². The largest absolute Gasteiger partial charge is 0.396 e. The Kier molecular flexibility index (Phi) is 8.55. The van der Waals surface area contributed by atoms with Crippen LogP contribution in [0.5, 0.6) is 0 Å². The molecule has 0 spiro atoms. The molecule has 0 aliphatic carbocycles. The summed E-state index contributed by atoms with van der Waals surface area (Å²) in [5.74, 6) is 0.0186. The van der Waals surface area contributed by atoms with Crippen LogP contribution in [0.2, 0.25) is 0 Å². The number of carbonyl (C=O) groups is 2. The van der Waals surface area contributed by atoms with E-state index in [1.165, 1.54) is 0 Å². The third-order valence-electron chi connectivity index (χ3n) is 3.32. The molecule has 0 rings (SSSR count). The van der Waals surface area contributed by atoms with Gasteiger partial charge in [0.25, 0.3) is 0 Å². The van der Waals surface area contributed by atoms with Crippen LogP contribution in [0, 0.1) is 10.8 Å². The number of aliphatic hydroxyl groups excluding tert-OH is 1. The van der Waals surface area contributed by atoms with Gasteiger partial charge in [-0.05, 0) is 24.7 Å². The Bertz CT molecular complexity index is 333. The number of amides is 2. The van der Waals surface area contributed by atoms with Gasteiger partial charge in [0.2, 0.25) is 11.8 Å². The van der Waals surface area contributed by atoms with Gasteiger partial charge in [-0.2, -0.15) is 0 Å². The highest BCUT2D eigenvalue weighted by molar-refractivity contribution is 5.81. The van der Waals surface area contributed by atoms with E-state index in [9.17, 15) is 9.59 Å². The van der Waals surface area contributed by atoms with E-state index in [0.717, 1.165) is 12.8 Å². The molecule has 5 nitrogen and oxygen atoms in total. The van der Waals surface area contributed by atoms with Crippen LogP contribution in [-0.2, 0) is 9.59 Å². The summed E-state index contributed by atoms with van der Waals surface area (Å²) in [4.78, 5) is 23.4. The predicted molar refractivity (Wildman–Crippen MR) is 84.8 cm³/mol. The highest BCUT2D eigenvalue weighted by Crippen LogP contribution is 2.20. The molecule has 2 amide bonds. The second-order valence-electron chi connectivity index (χ2n) is 7.38. The molecule has 21 heavy (non-hydrogen) atoms. The molecule has 0 saturated heterocycles. The maximum Gasteiger partial charge on any atom is 0.225 e. The lowest BCUT2D eigenvalue weighted by Crippen LogP contribution is -2.36. The van der Waals surface area contributed by atoms with Gasteiger partial charge in [-0.1, -0.05) is 34.6 Å². The van der Waals surface area contributed by atoms with Crippen LogP contribution in [-0.4, -0.2) is 36.6 Å². The zero-order chi connectivity index (χ0) is 16.5. The lowest BCUT2D eigenvalue weighted by molar-refractivity contribution is -0.128. The molecular formula is C16H32N2O3. The first-order valence-corrected chi connectivity index (χ1v) is 7.74. The SMILES string of the molecule is CC(C)(CCCO)CNC(=O)CCCNC(=O)C(C)(C)C. The normalized spacial score (nSPS) is 12.1. The first kappa shape index (κ1) is 19.9. The van der Waals surface area contributed by atoms with Crippen molar-refractivity contribution in [1.82, 2.24) is 10.6 Å². The van der Waals surface area contributed by atoms with Crippen molar-refractivity contribution in [2.45, 2.75) is 60.3 Å². The van der Waals surface area contributed by atoms with Crippen LogP contribution in [0.4, 0.5) is 0 Å². The molecule has 0 aromatic heterocycles. The third-order valence-corrected chi connectivity index (χ3v) is 3.32. The van der Waals surface area contributed by atoms with Gasteiger partial charge in [-0.3, -0.25) is 9.59 Å². The highest BCUT2D eigenvalue weighted by Gasteiger charge is 2.20. The zero-order valence-corrected chi connectivity index (χ0v) is 14.2. The second-order valence-corrected chi connectivity index (χ2v) is 7.38. The van der Waals surface area contributed by atoms with Crippen molar-refractivity contribution in [3.8, 4) is 0 Å². The molecule has 0 radical (unpaired) electrons. The number of hydrogen-bond acceptors (Lipinski definition) is 3. The van der Waals surface area contributed by atoms with E-state index in [0.29, 0.717) is 25.9 Å². The maximum absolute atomic E-state index is 11.7. The molecule has 0 aliphatic heterocycles. The number of aliphatic hydroxyl groups is 1. The Hall–Kier alpha value is -1.10. The van der Waals surface area contributed by atoms with E-state index in [1.807, 2.05) is 20.8 Å². The van der Waals surface area contributed by atoms with Gasteiger partial charge in [0.15, 0.2) is 0 Å². The molecule has 0 aromatic rings. The number of hydrogen-bond donors (Lipinski definition) is 3. The number of rotatable bonds is 9. The lowest BCUT2D eigenvalue weighted by Gasteiger charge is -2.24. The van der Waals surface area contributed by atoms with Crippen LogP contribution in [0.3, 0.4) is 0 Å². The Morgan fingerprint density at radius 2 is 1.62 bits per heavy atom. The molecule has 0 aromatic carbocycles. The average molecular weight is 300 g/mol. The van der Waals surface area contributed by atoms with Crippen LogP contribution in [0.15, 0.2) is 0 Å². The van der Waals surface area contributed by atoms with Gasteiger partial charge in [-0.25, -0.2) is 0 Å². The molecule has 124 valence electrons. The molecule has 0 atom stereocenters. The van der Waals surface area contributed by atoms with E-state index in [2.05, 4.69) is 24.5 Å². The van der Waals surface area contributed by atoms with Gasteiger partial charge in [0.05, 0.1) is 0 Å². The number of nitrogens with one attached hydrogen (secondary N) is 2. The van der Waals surface area contributed by atoms with Crippen LogP contribution < -0.4 is 10.6 Å². The lowest BCUT2D eigenvalue weighted by atomic mass is 9.88. The average Bonchev–Trinajstić information content (AvgIpc) is 2.38. The van der Waals surface area contributed by atoms with Crippen LogP contribution in [0.25, 0.3) is 0 Å². The molecular weight excluding hydrogens is 268 g/mol. The van der Waals surface area contributed by atoms with Crippen LogP contribution >= 0.6 is 0 Å². The summed E-state index contributed by atoms with van der Waals surface area (Å²) in [5.41, 5.74) is -0.391. The van der Waals surface area contributed by atoms with Crippen molar-refractivity contribution in [3.63, 3.8) is 0 Å². The minimum absolute atomic E-state index is 0.00115. The molecule has 5 heteroatoms. The summed E-state index contributed by atoms with van der Waals surface area (Å²) in [7, 11) is 0. The summed E-state index contributed by atoms with van der Waals surface area (Å²) in [6.45, 7) is 11.1. The second kappa shape index (κ2) is 9.03. The maximum atomic E-state index is 11.7. The summed E-state index contributed by atoms with van der Waals surface area (Å²) >= 11 is 0. The minimum atomic E-state index is -0.390. The molecule has 3 N–H and O–H groups in total. The summed E-state index contributed by atoms with van der Waals surface area (Å²) < 4.78 is 0. The molecule has 0 unspecified atom stereocenters. The smallest absolute Gasteiger partial charge is 0.225 e. The zero-order valence-electron chi connectivity index (χ0n) is 14.2. The Morgan fingerprint density at radius 3 is 2.14 bits per heavy atom. The van der Waals surface area contributed by atoms with Gasteiger partial charge in [0.1, 0.15) is 0 Å². The Morgan fingerprint density at radius 1 is 1.00 bits per heavy atom. The quantitative estimate of drug-likeness (QED) is 0.569. The fourth-order valence-electron chi connectivity index (χ4n) is 1.79. The summed E-state index contributed by atoms with van der Waals surface area (Å²) in [6, 6.07) is 0. The van der Waals surface area contributed by atoms with E-state index in [1.54, 1.807) is 0 Å². The molecule has 0 fully saturated rings. The number of carbonyl (C=O) groups excluding carboxylic acids is 2. The Balaban J connectivity index is 3.79. The molecule has 0 heterocycles. The van der Waals surface area contributed by atoms with Gasteiger partial charge < -0.3 is 15.7 Å². The minimum Gasteiger partial charge on any atom is -0.396 e. The topological polar surface area (TPSA) is 78.4 Å². The van der Waals surface area contributed by atoms with Crippen LogP contribution in [0.1, 0.15) is 60.3 Å². The van der Waals surface area contributed by atoms with Gasteiger partial charge in [-0.15, -0.1) is 0 Å². The van der Waals surface area contributed by atoms with E-state index >= 15 is 0 Å². The fraction of sp³-hybridized carbons (Fsp3) is 0.875. The molecule has 0 aliphatic rings. The van der Waals surface area contributed by atoms with Gasteiger partial charge >= 0.3 is 0 Å². The fourth-order valence-corrected chi connectivity index (χ4v) is 1.79. The van der Waals surface area contributed by atoms with Crippen molar-refractivity contribution >= 4 is 11.8 Å². The van der Waals surface area contributed by atoms with Crippen molar-refractivity contribution in [2.75, 3.05) is 19.7 Å². The first-order chi connectivity index (χ1) is 9.58. The highest BCUT2D eigenvalue weighted by atomic mass is 16.3. The van der Waals surface area contributed by atoms with Crippen molar-refractivity contribution in [1.29, 1.82) is 0 Å². The predicted octanol–water partition coefficient (Wildman–Crippen LogP) is 1.84. The first-order valence-electron chi connectivity index (χ1n) is 7.74. The van der Waals surface area contributed by atoms with E-state index in [4.69, 9.17) is 5.11 Å². The monoisotopic (exact) mass is 300 g/mol.